The van der Waals surface area contributed by atoms with E-state index in [1.165, 1.54) is 0 Å². The van der Waals surface area contributed by atoms with E-state index in [9.17, 15) is 18.3 Å². The summed E-state index contributed by atoms with van der Waals surface area (Å²) in [6.45, 7) is 9.72. The molecule has 0 bridgehead atoms. The van der Waals surface area contributed by atoms with Crippen molar-refractivity contribution in [1.29, 1.82) is 0 Å². The number of carboxylic acid groups (broad SMARTS) is 1. The Morgan fingerprint density at radius 3 is 2.40 bits per heavy atom. The Labute approximate surface area is 180 Å². The molecule has 5 atom stereocenters. The molecule has 1 saturated heterocycles. The van der Waals surface area contributed by atoms with Crippen molar-refractivity contribution in [2.75, 3.05) is 6.73 Å². The van der Waals surface area contributed by atoms with Crippen LogP contribution in [-0.4, -0.2) is 41.5 Å². The topological polar surface area (TPSA) is 80.7 Å². The van der Waals surface area contributed by atoms with Crippen molar-refractivity contribution in [3.8, 4) is 0 Å². The molecule has 6 nitrogen and oxygen atoms in total. The van der Waals surface area contributed by atoms with E-state index < -0.39 is 48.9 Å². The average molecular weight is 437 g/mol. The quantitative estimate of drug-likeness (QED) is 0.531. The molecular weight excluding hydrogens is 402 g/mol. The summed E-state index contributed by atoms with van der Waals surface area (Å²) < 4.78 is 32.4. The minimum absolute atomic E-state index is 0.164. The number of rotatable bonds is 5. The minimum atomic E-state index is -4.10. The molecule has 1 aromatic rings. The first-order valence-electron chi connectivity index (χ1n) is 10.6. The number of hydrogen-bond acceptors (Lipinski definition) is 4. The third kappa shape index (κ3) is 3.13. The van der Waals surface area contributed by atoms with Crippen LogP contribution in [0.3, 0.4) is 0 Å². The smallest absolute Gasteiger partial charge is 0.434 e. The number of allylic oxidation sites excluding steroid dienone is 1. The van der Waals surface area contributed by atoms with Crippen molar-refractivity contribution >= 4 is 16.1 Å². The first-order chi connectivity index (χ1) is 13.9. The van der Waals surface area contributed by atoms with Crippen LogP contribution in [0.2, 0.25) is 0 Å². The Kier molecular flexibility index (Phi) is 5.95. The third-order valence-corrected chi connectivity index (χ3v) is 10.2. The molecule has 0 radical (unpaired) electrons. The van der Waals surface area contributed by atoms with Crippen LogP contribution in [0, 0.1) is 16.7 Å². The molecule has 2 aliphatic rings. The summed E-state index contributed by atoms with van der Waals surface area (Å²) >= 11 is 0. The van der Waals surface area contributed by atoms with Gasteiger partial charge in [-0.2, -0.15) is 13.2 Å². The number of sulfonamides is 1. The highest BCUT2D eigenvalue weighted by Crippen LogP contribution is 2.62. The van der Waals surface area contributed by atoms with E-state index in [1.54, 1.807) is 13.0 Å². The molecule has 1 fully saturated rings. The summed E-state index contributed by atoms with van der Waals surface area (Å²) in [5.74, 6) is 0.233. The van der Waals surface area contributed by atoms with Crippen LogP contribution in [0.25, 0.3) is 0 Å². The SMILES string of the molecule is CC[C@H]1C=C[C@H]2[C@@](C(C)(C)C)(C1)[C@@H](C)[N+](COCc1ccccc1)(C(=O)O)S2(=O)=O. The fourth-order valence-corrected chi connectivity index (χ4v) is 8.59. The van der Waals surface area contributed by atoms with Crippen molar-refractivity contribution in [2.45, 2.75) is 65.4 Å². The molecule has 166 valence electrons. The van der Waals surface area contributed by atoms with Gasteiger partial charge in [-0.1, -0.05) is 74.1 Å². The molecule has 0 aromatic heterocycles. The number of carbonyl (C=O) groups is 1. The lowest BCUT2D eigenvalue weighted by atomic mass is 9.55. The molecule has 1 aliphatic heterocycles. The van der Waals surface area contributed by atoms with Gasteiger partial charge in [0.05, 0.1) is 12.0 Å². The van der Waals surface area contributed by atoms with Gasteiger partial charge in [-0.25, -0.2) is 0 Å². The second-order valence-corrected chi connectivity index (χ2v) is 11.9. The molecule has 1 heterocycles. The maximum atomic E-state index is 13.9. The Bertz CT molecular complexity index is 921. The van der Waals surface area contributed by atoms with Gasteiger partial charge < -0.3 is 9.84 Å². The van der Waals surface area contributed by atoms with Crippen LogP contribution in [0.4, 0.5) is 4.79 Å². The van der Waals surface area contributed by atoms with Gasteiger partial charge in [0.15, 0.2) is 0 Å². The highest BCUT2D eigenvalue weighted by Gasteiger charge is 2.77. The number of benzene rings is 1. The lowest BCUT2D eigenvalue weighted by molar-refractivity contribution is -0.785. The zero-order valence-electron chi connectivity index (χ0n) is 18.5. The van der Waals surface area contributed by atoms with Crippen LogP contribution >= 0.6 is 0 Å². The van der Waals surface area contributed by atoms with Crippen LogP contribution in [0.15, 0.2) is 42.5 Å². The van der Waals surface area contributed by atoms with Crippen molar-refractivity contribution in [3.05, 3.63) is 48.0 Å². The second-order valence-electron chi connectivity index (χ2n) is 9.70. The van der Waals surface area contributed by atoms with E-state index in [0.717, 1.165) is 12.0 Å². The van der Waals surface area contributed by atoms with Crippen LogP contribution in [0.1, 0.15) is 53.0 Å². The third-order valence-electron chi connectivity index (χ3n) is 7.45. The van der Waals surface area contributed by atoms with Crippen LogP contribution in [0.5, 0.6) is 0 Å². The fourth-order valence-electron chi connectivity index (χ4n) is 5.64. The Hall–Kier alpha value is -1.70. The largest absolute Gasteiger partial charge is 0.531 e. The molecule has 1 aromatic carbocycles. The monoisotopic (exact) mass is 436 g/mol. The second kappa shape index (κ2) is 7.77. The summed E-state index contributed by atoms with van der Waals surface area (Å²) in [5.41, 5.74) is -0.230. The zero-order chi connectivity index (χ0) is 22.4. The van der Waals surface area contributed by atoms with Gasteiger partial charge in [0.2, 0.25) is 6.73 Å². The minimum Gasteiger partial charge on any atom is -0.434 e. The summed E-state index contributed by atoms with van der Waals surface area (Å²) in [4.78, 5) is 12.6. The molecule has 1 amide bonds. The first kappa shape index (κ1) is 23.0. The first-order valence-corrected chi connectivity index (χ1v) is 12.1. The van der Waals surface area contributed by atoms with E-state index in [1.807, 2.05) is 57.2 Å². The maximum absolute atomic E-state index is 13.9. The van der Waals surface area contributed by atoms with E-state index in [2.05, 4.69) is 6.92 Å². The molecule has 1 aliphatic carbocycles. The standard InChI is InChI=1S/C23H33NO5S/c1-6-18-12-13-20-23(14-18,22(3,4)5)17(2)24(21(25)26,30(20,27)28)16-29-15-19-10-8-7-9-11-19/h7-13,17-18,20H,6,14-16H2,1-5H3/p+1/t17-,18+,20+,23-,24?/m1/s1. The predicted molar refractivity (Wildman–Crippen MR) is 116 cm³/mol. The highest BCUT2D eigenvalue weighted by atomic mass is 32.2. The lowest BCUT2D eigenvalue weighted by Crippen LogP contribution is -2.61. The maximum Gasteiger partial charge on any atom is 0.531 e. The van der Waals surface area contributed by atoms with Crippen molar-refractivity contribution in [2.24, 2.45) is 16.7 Å². The predicted octanol–water partition coefficient (Wildman–Crippen LogP) is 4.77. The Morgan fingerprint density at radius 2 is 1.87 bits per heavy atom. The summed E-state index contributed by atoms with van der Waals surface area (Å²) in [6, 6.07) is 8.72. The van der Waals surface area contributed by atoms with Crippen molar-refractivity contribution in [1.82, 2.24) is 0 Å². The van der Waals surface area contributed by atoms with Crippen molar-refractivity contribution < 1.29 is 26.9 Å². The summed E-state index contributed by atoms with van der Waals surface area (Å²) in [5, 5.41) is 9.46. The summed E-state index contributed by atoms with van der Waals surface area (Å²) in [7, 11) is -4.10. The summed E-state index contributed by atoms with van der Waals surface area (Å²) in [6.07, 6.45) is 3.90. The molecule has 3 rings (SSSR count). The van der Waals surface area contributed by atoms with Gasteiger partial charge in [-0.3, -0.25) is 0 Å². The van der Waals surface area contributed by atoms with Crippen LogP contribution in [-0.2, 0) is 21.4 Å². The van der Waals surface area contributed by atoms with Gasteiger partial charge >= 0.3 is 16.1 Å². The van der Waals surface area contributed by atoms with E-state index >= 15 is 0 Å². The molecule has 7 heteroatoms. The van der Waals surface area contributed by atoms with E-state index in [0.29, 0.717) is 6.42 Å². The van der Waals surface area contributed by atoms with Gasteiger partial charge in [0.25, 0.3) is 0 Å². The van der Waals surface area contributed by atoms with Crippen LogP contribution < -0.4 is 0 Å². The number of nitrogens with zero attached hydrogens (tertiary/aromatic N) is 1. The van der Waals surface area contributed by atoms with Crippen molar-refractivity contribution in [3.63, 3.8) is 0 Å². The van der Waals surface area contributed by atoms with Gasteiger partial charge in [0.1, 0.15) is 11.3 Å². The van der Waals surface area contributed by atoms with Gasteiger partial charge in [-0.05, 0) is 36.7 Å². The fraction of sp³-hybridized carbons (Fsp3) is 0.609. The molecule has 1 unspecified atom stereocenters. The number of fused-ring (bicyclic) bond motifs is 1. The number of ether oxygens (including phenoxy) is 1. The van der Waals surface area contributed by atoms with Gasteiger partial charge in [-0.15, -0.1) is 0 Å². The Morgan fingerprint density at radius 1 is 1.23 bits per heavy atom. The molecule has 1 N–H and O–H groups in total. The van der Waals surface area contributed by atoms with E-state index in [-0.39, 0.29) is 12.5 Å². The lowest BCUT2D eigenvalue weighted by Gasteiger charge is -2.48. The number of amides is 1. The average Bonchev–Trinajstić information content (AvgIpc) is 2.84. The molecule has 0 spiro atoms. The normalized spacial score (nSPS) is 35.2. The highest BCUT2D eigenvalue weighted by molar-refractivity contribution is 7.87. The number of hydrogen-bond donors (Lipinski definition) is 1. The zero-order valence-corrected chi connectivity index (χ0v) is 19.4. The van der Waals surface area contributed by atoms with E-state index in [4.69, 9.17) is 4.74 Å². The molecule has 0 saturated carbocycles. The molecule has 30 heavy (non-hydrogen) atoms. The molecular formula is C23H34NO5S+. The Balaban J connectivity index is 2.08. The number of quaternary nitrogens is 1. The van der Waals surface area contributed by atoms with Gasteiger partial charge in [0, 0.05) is 0 Å².